The number of hydrogen-bond acceptors (Lipinski definition) is 3. The molecule has 1 aromatic heterocycles. The summed E-state index contributed by atoms with van der Waals surface area (Å²) in [5, 5.41) is 9.28. The fourth-order valence-corrected chi connectivity index (χ4v) is 2.53. The number of nitrogens with zero attached hydrogens (tertiary/aromatic N) is 2. The summed E-state index contributed by atoms with van der Waals surface area (Å²) in [6.07, 6.45) is 0.859. The maximum absolute atomic E-state index is 9.28. The van der Waals surface area contributed by atoms with Crippen LogP contribution in [0.15, 0.2) is 30.3 Å². The number of aromatic nitrogens is 1. The molecule has 0 unspecified atom stereocenters. The second kappa shape index (κ2) is 7.04. The molecule has 1 aromatic carbocycles. The first-order valence-electron chi connectivity index (χ1n) is 7.58. The molecule has 4 heteroatoms. The van der Waals surface area contributed by atoms with E-state index in [-0.39, 0.29) is 0 Å². The van der Waals surface area contributed by atoms with E-state index in [2.05, 4.69) is 19.9 Å². The highest BCUT2D eigenvalue weighted by atomic mass is 16.5. The molecule has 0 fully saturated rings. The van der Waals surface area contributed by atoms with Gasteiger partial charge in [0.2, 0.25) is 0 Å². The zero-order chi connectivity index (χ0) is 16.1. The van der Waals surface area contributed by atoms with Crippen LogP contribution in [0.25, 0.3) is 0 Å². The lowest BCUT2D eigenvalue weighted by Gasteiger charge is -2.14. The Hall–Kier alpha value is -2.41. The fraction of sp³-hybridized carbons (Fsp3) is 0.389. The minimum Gasteiger partial charge on any atom is -0.492 e. The van der Waals surface area contributed by atoms with Crippen LogP contribution in [0, 0.1) is 24.2 Å². The van der Waals surface area contributed by atoms with Crippen molar-refractivity contribution >= 4 is 5.69 Å². The highest BCUT2D eigenvalue weighted by Crippen LogP contribution is 2.22. The predicted molar refractivity (Wildman–Crippen MR) is 88.8 cm³/mol. The monoisotopic (exact) mass is 297 g/mol. The normalized spacial score (nSPS) is 10.7. The first-order valence-corrected chi connectivity index (χ1v) is 7.58. The van der Waals surface area contributed by atoms with Crippen LogP contribution in [0.3, 0.4) is 0 Å². The van der Waals surface area contributed by atoms with Crippen molar-refractivity contribution in [2.75, 3.05) is 12.3 Å². The van der Waals surface area contributed by atoms with E-state index in [1.165, 1.54) is 5.56 Å². The molecule has 116 valence electrons. The van der Waals surface area contributed by atoms with Crippen molar-refractivity contribution in [2.45, 2.75) is 33.7 Å². The maximum Gasteiger partial charge on any atom is 0.122 e. The summed E-state index contributed by atoms with van der Waals surface area (Å²) in [6.45, 7) is 7.46. The number of rotatable bonds is 6. The van der Waals surface area contributed by atoms with E-state index in [1.807, 2.05) is 35.8 Å². The van der Waals surface area contributed by atoms with Crippen LogP contribution in [0.1, 0.15) is 30.8 Å². The van der Waals surface area contributed by atoms with Gasteiger partial charge in [-0.25, -0.2) is 0 Å². The number of nitrogens with two attached hydrogens (primary N) is 1. The third kappa shape index (κ3) is 3.82. The Morgan fingerprint density at radius 3 is 2.73 bits per heavy atom. The number of benzene rings is 1. The molecule has 0 amide bonds. The largest absolute Gasteiger partial charge is 0.492 e. The van der Waals surface area contributed by atoms with E-state index in [1.54, 1.807) is 6.07 Å². The summed E-state index contributed by atoms with van der Waals surface area (Å²) in [6, 6.07) is 11.9. The Labute approximate surface area is 132 Å². The molecule has 0 saturated heterocycles. The number of ether oxygens (including phenoxy) is 1. The summed E-state index contributed by atoms with van der Waals surface area (Å²) >= 11 is 0. The fourth-order valence-electron chi connectivity index (χ4n) is 2.53. The lowest BCUT2D eigenvalue weighted by molar-refractivity contribution is 0.295. The smallest absolute Gasteiger partial charge is 0.122 e. The van der Waals surface area contributed by atoms with Crippen LogP contribution in [-0.2, 0) is 13.0 Å². The summed E-state index contributed by atoms with van der Waals surface area (Å²) in [4.78, 5) is 0. The van der Waals surface area contributed by atoms with Gasteiger partial charge in [-0.05, 0) is 43.0 Å². The number of nitriles is 1. The topological polar surface area (TPSA) is 64.0 Å². The van der Waals surface area contributed by atoms with Gasteiger partial charge in [-0.1, -0.05) is 26.0 Å². The van der Waals surface area contributed by atoms with Crippen molar-refractivity contribution in [2.24, 2.45) is 5.92 Å². The third-order valence-electron chi connectivity index (χ3n) is 3.53. The molecule has 2 rings (SSSR count). The minimum atomic E-state index is 0.486. The van der Waals surface area contributed by atoms with Gasteiger partial charge in [-0.3, -0.25) is 0 Å². The van der Waals surface area contributed by atoms with Crippen LogP contribution in [0.4, 0.5) is 5.69 Å². The molecule has 0 atom stereocenters. The number of hydrogen-bond donors (Lipinski definition) is 1. The molecule has 2 N–H and O–H groups in total. The minimum absolute atomic E-state index is 0.486. The Bertz CT molecular complexity index is 680. The van der Waals surface area contributed by atoms with Crippen LogP contribution < -0.4 is 10.5 Å². The Balaban J connectivity index is 2.10. The van der Waals surface area contributed by atoms with Gasteiger partial charge in [0.25, 0.3) is 0 Å². The number of nitrogen functional groups attached to an aromatic ring is 1. The van der Waals surface area contributed by atoms with Crippen molar-refractivity contribution in [3.63, 3.8) is 0 Å². The first-order chi connectivity index (χ1) is 10.5. The summed E-state index contributed by atoms with van der Waals surface area (Å²) in [5.41, 5.74) is 9.54. The number of aryl methyl sites for hydroxylation is 1. The molecule has 2 aromatic rings. The third-order valence-corrected chi connectivity index (χ3v) is 3.53. The lowest BCUT2D eigenvalue weighted by Crippen LogP contribution is -2.14. The van der Waals surface area contributed by atoms with E-state index in [9.17, 15) is 5.26 Å². The average Bonchev–Trinajstić information content (AvgIpc) is 2.75. The van der Waals surface area contributed by atoms with Gasteiger partial charge in [0, 0.05) is 5.69 Å². The van der Waals surface area contributed by atoms with E-state index >= 15 is 0 Å². The molecule has 0 aliphatic carbocycles. The zero-order valence-corrected chi connectivity index (χ0v) is 13.5. The zero-order valence-electron chi connectivity index (χ0n) is 13.5. The van der Waals surface area contributed by atoms with E-state index in [0.717, 1.165) is 17.9 Å². The van der Waals surface area contributed by atoms with Gasteiger partial charge < -0.3 is 15.0 Å². The van der Waals surface area contributed by atoms with Gasteiger partial charge in [0.15, 0.2) is 0 Å². The molecule has 0 spiro atoms. The second-order valence-electron chi connectivity index (χ2n) is 5.96. The van der Waals surface area contributed by atoms with Gasteiger partial charge in [0.05, 0.1) is 12.2 Å². The quantitative estimate of drug-likeness (QED) is 0.887. The van der Waals surface area contributed by atoms with Gasteiger partial charge in [-0.15, -0.1) is 0 Å². The van der Waals surface area contributed by atoms with Crippen LogP contribution in [0.2, 0.25) is 0 Å². The van der Waals surface area contributed by atoms with Crippen molar-refractivity contribution in [1.29, 1.82) is 5.26 Å². The van der Waals surface area contributed by atoms with Crippen molar-refractivity contribution in [3.05, 3.63) is 47.3 Å². The van der Waals surface area contributed by atoms with Gasteiger partial charge >= 0.3 is 0 Å². The van der Waals surface area contributed by atoms with E-state index in [4.69, 9.17) is 10.5 Å². The molecule has 4 nitrogen and oxygen atoms in total. The van der Waals surface area contributed by atoms with Crippen LogP contribution in [0.5, 0.6) is 5.75 Å². The van der Waals surface area contributed by atoms with Crippen LogP contribution >= 0.6 is 0 Å². The molecule has 0 bridgehead atoms. The molecular weight excluding hydrogens is 274 g/mol. The average molecular weight is 297 g/mol. The van der Waals surface area contributed by atoms with Crippen molar-refractivity contribution < 1.29 is 4.74 Å². The van der Waals surface area contributed by atoms with Crippen molar-refractivity contribution in [1.82, 2.24) is 4.57 Å². The van der Waals surface area contributed by atoms with Crippen molar-refractivity contribution in [3.8, 4) is 11.8 Å². The summed E-state index contributed by atoms with van der Waals surface area (Å²) in [5.74, 6) is 1.34. The standard InChI is InChI=1S/C18H23N3O/c1-13(2)9-18-17(20)11-15(12-19)21(18)7-8-22-16-6-4-5-14(3)10-16/h4-6,10-11,13H,7-9,20H2,1-3H3. The van der Waals surface area contributed by atoms with E-state index in [0.29, 0.717) is 30.5 Å². The Morgan fingerprint density at radius 1 is 1.32 bits per heavy atom. The molecule has 0 aliphatic rings. The highest BCUT2D eigenvalue weighted by molar-refractivity contribution is 5.50. The van der Waals surface area contributed by atoms with Gasteiger partial charge in [-0.2, -0.15) is 5.26 Å². The lowest BCUT2D eigenvalue weighted by atomic mass is 10.1. The maximum atomic E-state index is 9.28. The molecule has 22 heavy (non-hydrogen) atoms. The first kappa shape index (κ1) is 16.0. The van der Waals surface area contributed by atoms with Gasteiger partial charge in [0.1, 0.15) is 24.1 Å². The molecular formula is C18H23N3O. The van der Waals surface area contributed by atoms with Crippen LogP contribution in [-0.4, -0.2) is 11.2 Å². The highest BCUT2D eigenvalue weighted by Gasteiger charge is 2.14. The second-order valence-corrected chi connectivity index (χ2v) is 5.96. The molecule has 0 saturated carbocycles. The summed E-state index contributed by atoms with van der Waals surface area (Å²) < 4.78 is 7.77. The predicted octanol–water partition coefficient (Wildman–Crippen LogP) is 3.53. The molecule has 1 heterocycles. The van der Waals surface area contributed by atoms with E-state index < -0.39 is 0 Å². The summed E-state index contributed by atoms with van der Waals surface area (Å²) in [7, 11) is 0. The molecule has 0 radical (unpaired) electrons. The molecule has 0 aliphatic heterocycles. The number of anilines is 1. The Kier molecular flexibility index (Phi) is 5.11. The SMILES string of the molecule is Cc1cccc(OCCn2c(C#N)cc(N)c2CC(C)C)c1. The Morgan fingerprint density at radius 2 is 2.09 bits per heavy atom.